The highest BCUT2D eigenvalue weighted by Gasteiger charge is 2.32. The Hall–Kier alpha value is -0.770. The minimum absolute atomic E-state index is 0.284. The van der Waals surface area contributed by atoms with Crippen molar-refractivity contribution in [3.63, 3.8) is 0 Å². The summed E-state index contributed by atoms with van der Waals surface area (Å²) in [4.78, 5) is 14.3. The summed E-state index contributed by atoms with van der Waals surface area (Å²) in [5, 5.41) is 2.92. The average Bonchev–Trinajstić information content (AvgIpc) is 2.82. The van der Waals surface area contributed by atoms with E-state index < -0.39 is 5.60 Å². The number of carbonyl (C=O) groups excluding carboxylic acids is 1. The first-order valence-corrected chi connectivity index (χ1v) is 8.95. The Bertz CT molecular complexity index is 362. The quantitative estimate of drug-likeness (QED) is 0.858. The van der Waals surface area contributed by atoms with Gasteiger partial charge in [-0.05, 0) is 70.9 Å². The zero-order valence-corrected chi connectivity index (χ0v) is 14.9. The van der Waals surface area contributed by atoms with E-state index in [4.69, 9.17) is 4.74 Å². The fourth-order valence-electron chi connectivity index (χ4n) is 3.82. The molecule has 4 heteroatoms. The molecule has 0 aromatic rings. The van der Waals surface area contributed by atoms with Gasteiger partial charge in [-0.15, -0.1) is 0 Å². The van der Waals surface area contributed by atoms with Crippen LogP contribution in [0.3, 0.4) is 0 Å². The van der Waals surface area contributed by atoms with Crippen LogP contribution in [0.25, 0.3) is 0 Å². The van der Waals surface area contributed by atoms with Crippen LogP contribution in [0, 0.1) is 11.3 Å². The normalized spacial score (nSPS) is 23.5. The second-order valence-electron chi connectivity index (χ2n) is 8.62. The van der Waals surface area contributed by atoms with Crippen molar-refractivity contribution in [3.05, 3.63) is 0 Å². The molecule has 22 heavy (non-hydrogen) atoms. The Morgan fingerprint density at radius 1 is 1.23 bits per heavy atom. The van der Waals surface area contributed by atoms with Gasteiger partial charge in [0, 0.05) is 13.1 Å². The number of rotatable bonds is 4. The van der Waals surface area contributed by atoms with Crippen LogP contribution in [-0.4, -0.2) is 42.8 Å². The molecule has 0 atom stereocenters. The molecule has 0 unspecified atom stereocenters. The van der Waals surface area contributed by atoms with Crippen molar-refractivity contribution in [1.29, 1.82) is 0 Å². The second kappa shape index (κ2) is 7.20. The molecular formula is C18H34N2O2. The third kappa shape index (κ3) is 5.79. The molecule has 1 N–H and O–H groups in total. The van der Waals surface area contributed by atoms with Gasteiger partial charge in [0.2, 0.25) is 0 Å². The number of amides is 1. The molecule has 1 aliphatic carbocycles. The minimum Gasteiger partial charge on any atom is -0.444 e. The van der Waals surface area contributed by atoms with Gasteiger partial charge < -0.3 is 15.0 Å². The fraction of sp³-hybridized carbons (Fsp3) is 0.944. The van der Waals surface area contributed by atoms with Gasteiger partial charge in [0.05, 0.1) is 0 Å². The second-order valence-corrected chi connectivity index (χ2v) is 8.62. The largest absolute Gasteiger partial charge is 0.444 e. The van der Waals surface area contributed by atoms with E-state index in [0.717, 1.165) is 6.54 Å². The Balaban J connectivity index is 1.64. The van der Waals surface area contributed by atoms with E-state index in [2.05, 4.69) is 17.1 Å². The molecule has 1 heterocycles. The lowest BCUT2D eigenvalue weighted by molar-refractivity contribution is 0.0505. The van der Waals surface area contributed by atoms with Gasteiger partial charge in [0.25, 0.3) is 0 Å². The molecular weight excluding hydrogens is 276 g/mol. The Morgan fingerprint density at radius 3 is 2.36 bits per heavy atom. The first-order chi connectivity index (χ1) is 10.3. The molecule has 1 aliphatic heterocycles. The third-order valence-corrected chi connectivity index (χ3v) is 5.06. The molecule has 0 bridgehead atoms. The third-order valence-electron chi connectivity index (χ3n) is 5.06. The monoisotopic (exact) mass is 310 g/mol. The summed E-state index contributed by atoms with van der Waals surface area (Å²) in [6, 6.07) is 0. The van der Waals surface area contributed by atoms with Crippen molar-refractivity contribution in [1.82, 2.24) is 10.2 Å². The summed E-state index contributed by atoms with van der Waals surface area (Å²) >= 11 is 0. The van der Waals surface area contributed by atoms with Crippen LogP contribution in [0.4, 0.5) is 4.79 Å². The van der Waals surface area contributed by atoms with Gasteiger partial charge in [0.15, 0.2) is 0 Å². The number of carbonyl (C=O) groups is 1. The smallest absolute Gasteiger partial charge is 0.407 e. The van der Waals surface area contributed by atoms with Crippen LogP contribution in [0.5, 0.6) is 0 Å². The molecule has 1 amide bonds. The van der Waals surface area contributed by atoms with Gasteiger partial charge in [-0.1, -0.05) is 19.8 Å². The number of nitrogens with zero attached hydrogens (tertiary/aromatic N) is 1. The Kier molecular flexibility index (Phi) is 5.76. The lowest BCUT2D eigenvalue weighted by Gasteiger charge is -2.37. The number of likely N-dealkylation sites (tertiary alicyclic amines) is 1. The van der Waals surface area contributed by atoms with E-state index in [1.165, 1.54) is 58.2 Å². The maximum Gasteiger partial charge on any atom is 0.407 e. The zero-order chi connectivity index (χ0) is 16.2. The molecule has 1 saturated carbocycles. The molecule has 1 saturated heterocycles. The van der Waals surface area contributed by atoms with Crippen LogP contribution in [0.2, 0.25) is 0 Å². The number of hydrogen-bond acceptors (Lipinski definition) is 3. The van der Waals surface area contributed by atoms with Crippen molar-refractivity contribution in [2.45, 2.75) is 71.8 Å². The molecule has 2 aliphatic rings. The average molecular weight is 310 g/mol. The lowest BCUT2D eigenvalue weighted by atomic mass is 9.86. The van der Waals surface area contributed by atoms with Crippen LogP contribution in [0.1, 0.15) is 66.2 Å². The first-order valence-electron chi connectivity index (χ1n) is 8.95. The summed E-state index contributed by atoms with van der Waals surface area (Å²) < 4.78 is 5.29. The standard InChI is InChI=1S/C18H34N2O2/c1-17(2,3)22-16(21)19-13-15-7-11-20(12-8-15)14-18(4)9-5-6-10-18/h15H,5-14H2,1-4H3,(H,19,21). The van der Waals surface area contributed by atoms with Crippen molar-refractivity contribution >= 4 is 6.09 Å². The molecule has 0 spiro atoms. The van der Waals surface area contributed by atoms with Gasteiger partial charge in [0.1, 0.15) is 5.60 Å². The maximum atomic E-state index is 11.7. The molecule has 0 aromatic carbocycles. The molecule has 0 radical (unpaired) electrons. The number of hydrogen-bond donors (Lipinski definition) is 1. The molecule has 2 rings (SSSR count). The number of nitrogens with one attached hydrogen (secondary N) is 1. The van der Waals surface area contributed by atoms with E-state index in [9.17, 15) is 4.79 Å². The highest BCUT2D eigenvalue weighted by Crippen LogP contribution is 2.38. The highest BCUT2D eigenvalue weighted by molar-refractivity contribution is 5.67. The van der Waals surface area contributed by atoms with E-state index >= 15 is 0 Å². The topological polar surface area (TPSA) is 41.6 Å². The minimum atomic E-state index is -0.413. The van der Waals surface area contributed by atoms with Crippen molar-refractivity contribution in [2.24, 2.45) is 11.3 Å². The van der Waals surface area contributed by atoms with Crippen molar-refractivity contribution in [2.75, 3.05) is 26.2 Å². The molecule has 128 valence electrons. The predicted molar refractivity (Wildman–Crippen MR) is 90.0 cm³/mol. The summed E-state index contributed by atoms with van der Waals surface area (Å²) in [6.07, 6.45) is 7.70. The predicted octanol–water partition coefficient (Wildman–Crippen LogP) is 3.80. The van der Waals surface area contributed by atoms with Gasteiger partial charge in [-0.3, -0.25) is 0 Å². The van der Waals surface area contributed by atoms with Crippen molar-refractivity contribution in [3.8, 4) is 0 Å². The van der Waals surface area contributed by atoms with Gasteiger partial charge in [-0.25, -0.2) is 4.79 Å². The summed E-state index contributed by atoms with van der Waals surface area (Å²) in [7, 11) is 0. The fourth-order valence-corrected chi connectivity index (χ4v) is 3.82. The summed E-state index contributed by atoms with van der Waals surface area (Å²) in [5.41, 5.74) is 0.145. The number of alkyl carbamates (subject to hydrolysis) is 1. The zero-order valence-electron chi connectivity index (χ0n) is 14.9. The number of ether oxygens (including phenoxy) is 1. The van der Waals surface area contributed by atoms with Gasteiger partial charge >= 0.3 is 6.09 Å². The summed E-state index contributed by atoms with van der Waals surface area (Å²) in [6.45, 7) is 12.5. The van der Waals surface area contributed by atoms with Gasteiger partial charge in [-0.2, -0.15) is 0 Å². The molecule has 4 nitrogen and oxygen atoms in total. The Labute approximate surface area is 136 Å². The first kappa shape index (κ1) is 17.6. The van der Waals surface area contributed by atoms with E-state index in [1.807, 2.05) is 20.8 Å². The summed E-state index contributed by atoms with van der Waals surface area (Å²) in [5.74, 6) is 0.597. The maximum absolute atomic E-state index is 11.7. The number of piperidine rings is 1. The van der Waals surface area contributed by atoms with Crippen molar-refractivity contribution < 1.29 is 9.53 Å². The van der Waals surface area contributed by atoms with E-state index in [-0.39, 0.29) is 6.09 Å². The van der Waals surface area contributed by atoms with Crippen LogP contribution in [-0.2, 0) is 4.74 Å². The van der Waals surface area contributed by atoms with Crippen LogP contribution < -0.4 is 5.32 Å². The molecule has 2 fully saturated rings. The van der Waals surface area contributed by atoms with E-state index in [1.54, 1.807) is 0 Å². The molecule has 0 aromatic heterocycles. The van der Waals surface area contributed by atoms with Crippen LogP contribution in [0.15, 0.2) is 0 Å². The van der Waals surface area contributed by atoms with Crippen LogP contribution >= 0.6 is 0 Å². The Morgan fingerprint density at radius 2 is 1.82 bits per heavy atom. The highest BCUT2D eigenvalue weighted by atomic mass is 16.6. The SMILES string of the molecule is CC1(CN2CCC(CNC(=O)OC(C)(C)C)CC2)CCCC1. The van der Waals surface area contributed by atoms with E-state index in [0.29, 0.717) is 11.3 Å². The lowest BCUT2D eigenvalue weighted by Crippen LogP contribution is -2.43.